The zero-order valence-electron chi connectivity index (χ0n) is 13.9. The SMILES string of the molecule is CCCCCCCCCCCCOCCCCCCO. The molecule has 122 valence electrons. The molecule has 0 rings (SSSR count). The smallest absolute Gasteiger partial charge is 0.0466 e. The number of hydrogen-bond acceptors (Lipinski definition) is 2. The van der Waals surface area contributed by atoms with Crippen molar-refractivity contribution in [3.8, 4) is 0 Å². The zero-order valence-corrected chi connectivity index (χ0v) is 13.9. The number of rotatable bonds is 17. The Kier molecular flexibility index (Phi) is 18.8. The number of unbranched alkanes of at least 4 members (excludes halogenated alkanes) is 12. The summed E-state index contributed by atoms with van der Waals surface area (Å²) in [5.41, 5.74) is 0. The molecule has 0 saturated carbocycles. The van der Waals surface area contributed by atoms with E-state index < -0.39 is 0 Å². The summed E-state index contributed by atoms with van der Waals surface area (Å²) < 4.78 is 5.62. The molecule has 0 unspecified atom stereocenters. The van der Waals surface area contributed by atoms with E-state index in [1.807, 2.05) is 0 Å². The quantitative estimate of drug-likeness (QED) is 0.359. The van der Waals surface area contributed by atoms with Crippen molar-refractivity contribution in [2.24, 2.45) is 0 Å². The number of aliphatic hydroxyl groups excluding tert-OH is 1. The minimum Gasteiger partial charge on any atom is -0.396 e. The molecule has 20 heavy (non-hydrogen) atoms. The largest absolute Gasteiger partial charge is 0.396 e. The van der Waals surface area contributed by atoms with Crippen molar-refractivity contribution >= 4 is 0 Å². The van der Waals surface area contributed by atoms with Crippen molar-refractivity contribution < 1.29 is 9.84 Å². The first kappa shape index (κ1) is 19.9. The van der Waals surface area contributed by atoms with Crippen molar-refractivity contribution in [3.63, 3.8) is 0 Å². The monoisotopic (exact) mass is 286 g/mol. The van der Waals surface area contributed by atoms with Gasteiger partial charge in [-0.05, 0) is 19.3 Å². The molecule has 0 spiro atoms. The second kappa shape index (κ2) is 18.9. The van der Waals surface area contributed by atoms with Gasteiger partial charge in [0, 0.05) is 19.8 Å². The highest BCUT2D eigenvalue weighted by molar-refractivity contribution is 4.47. The van der Waals surface area contributed by atoms with Crippen LogP contribution in [0.4, 0.5) is 0 Å². The molecule has 0 fully saturated rings. The maximum absolute atomic E-state index is 8.65. The average molecular weight is 286 g/mol. The molecule has 0 aliphatic rings. The lowest BCUT2D eigenvalue weighted by molar-refractivity contribution is 0.125. The maximum Gasteiger partial charge on any atom is 0.0466 e. The molecule has 0 aliphatic heterocycles. The molecule has 0 aromatic heterocycles. The molecule has 0 atom stereocenters. The molecule has 0 bridgehead atoms. The first-order valence-corrected chi connectivity index (χ1v) is 9.10. The Balaban J connectivity index is 2.89. The van der Waals surface area contributed by atoms with Crippen molar-refractivity contribution in [2.75, 3.05) is 19.8 Å². The Labute approximate surface area is 127 Å². The maximum atomic E-state index is 8.65. The van der Waals surface area contributed by atoms with Gasteiger partial charge in [-0.1, -0.05) is 77.6 Å². The molecular formula is C18H38O2. The Morgan fingerprint density at radius 1 is 0.550 bits per heavy atom. The first-order chi connectivity index (χ1) is 9.91. The third-order valence-electron chi connectivity index (χ3n) is 3.84. The number of hydrogen-bond donors (Lipinski definition) is 1. The Hall–Kier alpha value is -0.0800. The molecule has 0 aromatic rings. The molecule has 0 amide bonds. The predicted octanol–water partition coefficient (Wildman–Crippen LogP) is 5.48. The number of aliphatic hydroxyl groups is 1. The fraction of sp³-hybridized carbons (Fsp3) is 1.00. The molecule has 1 N–H and O–H groups in total. The van der Waals surface area contributed by atoms with E-state index in [1.54, 1.807) is 0 Å². The summed E-state index contributed by atoms with van der Waals surface area (Å²) >= 11 is 0. The molecule has 2 nitrogen and oxygen atoms in total. The third-order valence-corrected chi connectivity index (χ3v) is 3.84. The molecule has 0 radical (unpaired) electrons. The summed E-state index contributed by atoms with van der Waals surface area (Å²) in [6.45, 7) is 4.45. The van der Waals surface area contributed by atoms with Gasteiger partial charge in [-0.3, -0.25) is 0 Å². The van der Waals surface area contributed by atoms with E-state index in [0.29, 0.717) is 6.61 Å². The zero-order chi connectivity index (χ0) is 14.7. The van der Waals surface area contributed by atoms with Gasteiger partial charge in [0.1, 0.15) is 0 Å². The second-order valence-electron chi connectivity index (χ2n) is 5.93. The summed E-state index contributed by atoms with van der Waals surface area (Å²) in [6, 6.07) is 0. The van der Waals surface area contributed by atoms with Crippen LogP contribution in [0.25, 0.3) is 0 Å². The van der Waals surface area contributed by atoms with E-state index in [9.17, 15) is 0 Å². The van der Waals surface area contributed by atoms with Crippen molar-refractivity contribution in [3.05, 3.63) is 0 Å². The van der Waals surface area contributed by atoms with Crippen molar-refractivity contribution in [1.29, 1.82) is 0 Å². The molecule has 0 heterocycles. The minimum absolute atomic E-state index is 0.333. The van der Waals surface area contributed by atoms with Crippen LogP contribution in [-0.2, 0) is 4.74 Å². The third kappa shape index (κ3) is 17.9. The molecule has 2 heteroatoms. The highest BCUT2D eigenvalue weighted by Crippen LogP contribution is 2.10. The summed E-state index contributed by atoms with van der Waals surface area (Å²) in [7, 11) is 0. The van der Waals surface area contributed by atoms with Crippen LogP contribution >= 0.6 is 0 Å². The molecular weight excluding hydrogens is 248 g/mol. The van der Waals surface area contributed by atoms with Crippen LogP contribution in [0.1, 0.15) is 96.8 Å². The van der Waals surface area contributed by atoms with E-state index in [4.69, 9.17) is 9.84 Å². The van der Waals surface area contributed by atoms with Gasteiger partial charge in [0.2, 0.25) is 0 Å². The van der Waals surface area contributed by atoms with Gasteiger partial charge in [0.05, 0.1) is 0 Å². The summed E-state index contributed by atoms with van der Waals surface area (Å²) in [5.74, 6) is 0. The fourth-order valence-electron chi connectivity index (χ4n) is 2.46. The number of ether oxygens (including phenoxy) is 1. The van der Waals surface area contributed by atoms with E-state index in [2.05, 4.69) is 6.92 Å². The fourth-order valence-corrected chi connectivity index (χ4v) is 2.46. The van der Waals surface area contributed by atoms with E-state index in [0.717, 1.165) is 32.5 Å². The summed E-state index contributed by atoms with van der Waals surface area (Å²) in [5, 5.41) is 8.65. The van der Waals surface area contributed by atoms with Crippen LogP contribution in [0.15, 0.2) is 0 Å². The minimum atomic E-state index is 0.333. The summed E-state index contributed by atoms with van der Waals surface area (Å²) in [4.78, 5) is 0. The van der Waals surface area contributed by atoms with Gasteiger partial charge in [-0.15, -0.1) is 0 Å². The van der Waals surface area contributed by atoms with Gasteiger partial charge in [-0.2, -0.15) is 0 Å². The van der Waals surface area contributed by atoms with Gasteiger partial charge >= 0.3 is 0 Å². The van der Waals surface area contributed by atoms with Crippen LogP contribution in [0.5, 0.6) is 0 Å². The van der Waals surface area contributed by atoms with E-state index in [1.165, 1.54) is 70.6 Å². The Morgan fingerprint density at radius 2 is 0.950 bits per heavy atom. The van der Waals surface area contributed by atoms with Gasteiger partial charge in [-0.25, -0.2) is 0 Å². The highest BCUT2D eigenvalue weighted by atomic mass is 16.5. The Bertz CT molecular complexity index is 141. The van der Waals surface area contributed by atoms with Crippen molar-refractivity contribution in [1.82, 2.24) is 0 Å². The van der Waals surface area contributed by atoms with Gasteiger partial charge in [0.15, 0.2) is 0 Å². The topological polar surface area (TPSA) is 29.5 Å². The van der Waals surface area contributed by atoms with Crippen LogP contribution in [0, 0.1) is 0 Å². The predicted molar refractivity (Wildman–Crippen MR) is 88.2 cm³/mol. The van der Waals surface area contributed by atoms with Crippen LogP contribution < -0.4 is 0 Å². The normalized spacial score (nSPS) is 11.1. The van der Waals surface area contributed by atoms with Gasteiger partial charge < -0.3 is 9.84 Å². The lowest BCUT2D eigenvalue weighted by Gasteiger charge is -2.04. The van der Waals surface area contributed by atoms with E-state index in [-0.39, 0.29) is 0 Å². The van der Waals surface area contributed by atoms with Crippen LogP contribution in [0.3, 0.4) is 0 Å². The standard InChI is InChI=1S/C18H38O2/c1-2-3-4-5-6-7-8-9-11-14-17-20-18-15-12-10-13-16-19/h19H,2-18H2,1H3. The first-order valence-electron chi connectivity index (χ1n) is 9.10. The molecule has 0 aliphatic carbocycles. The van der Waals surface area contributed by atoms with Gasteiger partial charge in [0.25, 0.3) is 0 Å². The lowest BCUT2D eigenvalue weighted by Crippen LogP contribution is -1.97. The van der Waals surface area contributed by atoms with Crippen molar-refractivity contribution in [2.45, 2.75) is 96.8 Å². The summed E-state index contributed by atoms with van der Waals surface area (Å²) in [6.07, 6.45) is 18.3. The molecule has 0 aromatic carbocycles. The highest BCUT2D eigenvalue weighted by Gasteiger charge is 1.94. The van der Waals surface area contributed by atoms with E-state index >= 15 is 0 Å². The lowest BCUT2D eigenvalue weighted by atomic mass is 10.1. The Morgan fingerprint density at radius 3 is 1.40 bits per heavy atom. The second-order valence-corrected chi connectivity index (χ2v) is 5.93. The van der Waals surface area contributed by atoms with Crippen LogP contribution in [-0.4, -0.2) is 24.9 Å². The average Bonchev–Trinajstić information content (AvgIpc) is 2.47. The molecule has 0 saturated heterocycles. The van der Waals surface area contributed by atoms with Crippen LogP contribution in [0.2, 0.25) is 0 Å².